The van der Waals surface area contributed by atoms with Crippen LogP contribution in [-0.4, -0.2) is 44.8 Å². The Bertz CT molecular complexity index is 688. The molecule has 0 amide bonds. The molecule has 0 N–H and O–H groups in total. The Balaban J connectivity index is 2.07. The molecule has 2 nitrogen and oxygen atoms in total. The van der Waals surface area contributed by atoms with Gasteiger partial charge in [0, 0.05) is 6.61 Å². The Hall–Kier alpha value is 0.119. The van der Waals surface area contributed by atoms with Gasteiger partial charge in [-0.1, -0.05) is 0 Å². The van der Waals surface area contributed by atoms with Gasteiger partial charge in [-0.05, 0) is 6.92 Å². The molecular formula is C26H44O2S2Sn. The molecule has 0 aliphatic carbocycles. The first-order valence-corrected chi connectivity index (χ1v) is 21.6. The quantitative estimate of drug-likeness (QED) is 0.133. The van der Waals surface area contributed by atoms with Crippen LogP contribution in [0.5, 0.6) is 0 Å². The van der Waals surface area contributed by atoms with Gasteiger partial charge < -0.3 is 0 Å². The second-order valence-corrected chi connectivity index (χ2v) is 25.0. The van der Waals surface area contributed by atoms with Gasteiger partial charge in [0.15, 0.2) is 0 Å². The molecule has 176 valence electrons. The molecule has 0 spiro atoms. The molecular weight excluding hydrogens is 527 g/mol. The molecule has 0 aliphatic rings. The van der Waals surface area contributed by atoms with Crippen molar-refractivity contribution in [2.75, 3.05) is 26.4 Å². The first-order valence-electron chi connectivity index (χ1n) is 12.5. The van der Waals surface area contributed by atoms with E-state index in [2.05, 4.69) is 56.4 Å². The van der Waals surface area contributed by atoms with Gasteiger partial charge >= 0.3 is 191 Å². The zero-order valence-electron chi connectivity index (χ0n) is 20.3. The van der Waals surface area contributed by atoms with Crippen LogP contribution in [0.25, 0.3) is 9.75 Å². The monoisotopic (exact) mass is 572 g/mol. The normalized spacial score (nSPS) is 12.0. The second-order valence-electron chi connectivity index (χ2n) is 8.58. The number of ether oxygens (including phenoxy) is 2. The molecule has 0 fully saturated rings. The third-order valence-corrected chi connectivity index (χ3v) is 26.8. The van der Waals surface area contributed by atoms with Crippen LogP contribution in [0, 0.1) is 0 Å². The number of rotatable bonds is 18. The van der Waals surface area contributed by atoms with Crippen molar-refractivity contribution in [1.29, 1.82) is 0 Å². The summed E-state index contributed by atoms with van der Waals surface area (Å²) in [5.41, 5.74) is 0. The van der Waals surface area contributed by atoms with Crippen molar-refractivity contribution in [3.05, 3.63) is 29.1 Å². The Labute approximate surface area is 203 Å². The predicted molar refractivity (Wildman–Crippen MR) is 143 cm³/mol. The number of hydrogen-bond acceptors (Lipinski definition) is 4. The van der Waals surface area contributed by atoms with Crippen LogP contribution in [0.4, 0.5) is 0 Å². The summed E-state index contributed by atoms with van der Waals surface area (Å²) in [5.74, 6) is 0. The molecule has 2 aromatic rings. The summed E-state index contributed by atoms with van der Waals surface area (Å²) >= 11 is 1.81. The first-order chi connectivity index (χ1) is 15.2. The molecule has 2 heterocycles. The topological polar surface area (TPSA) is 18.5 Å². The van der Waals surface area contributed by atoms with Crippen LogP contribution in [0.15, 0.2) is 24.3 Å². The Morgan fingerprint density at radius 3 is 1.87 bits per heavy atom. The van der Waals surface area contributed by atoms with E-state index in [1.807, 2.05) is 21.2 Å². The molecule has 0 radical (unpaired) electrons. The average Bonchev–Trinajstić information content (AvgIpc) is 3.46. The van der Waals surface area contributed by atoms with Gasteiger partial charge in [-0.25, -0.2) is 0 Å². The molecule has 5 heteroatoms. The molecule has 0 aliphatic heterocycles. The summed E-state index contributed by atoms with van der Waals surface area (Å²) in [5, 5.41) is 0. The van der Waals surface area contributed by atoms with Crippen LogP contribution in [0.3, 0.4) is 0 Å². The van der Waals surface area contributed by atoms with E-state index in [0.717, 1.165) is 19.6 Å². The van der Waals surface area contributed by atoms with E-state index in [9.17, 15) is 0 Å². The fraction of sp³-hybridized carbons (Fsp3) is 0.692. The predicted octanol–water partition coefficient (Wildman–Crippen LogP) is 8.13. The second kappa shape index (κ2) is 15.9. The SMILES string of the molecule is CCC[CH2][Sn]([CH2]CCC)([CH2]CCC)[c]1ccc(-c2ccc(CCOCCOCC)s2)s1. The van der Waals surface area contributed by atoms with E-state index >= 15 is 0 Å². The molecule has 2 rings (SSSR count). The van der Waals surface area contributed by atoms with Crippen LogP contribution < -0.4 is 2.89 Å². The summed E-state index contributed by atoms with van der Waals surface area (Å²) in [6.45, 7) is 12.1. The summed E-state index contributed by atoms with van der Waals surface area (Å²) in [7, 11) is 0. The molecule has 0 aromatic carbocycles. The Morgan fingerprint density at radius 1 is 0.677 bits per heavy atom. The standard InChI is InChI=1S/C14H17O2S2.3C4H9.Sn/c1-2-15-9-10-16-8-7-12-5-6-14(18-12)13-4-3-11-17-13;3*1-3-4-2;/h3-6H,2,7-10H2,1H3;3*1,3-4H2,2H3;. The zero-order chi connectivity index (χ0) is 22.4. The molecule has 0 atom stereocenters. The summed E-state index contributed by atoms with van der Waals surface area (Å²) < 4.78 is 17.6. The molecule has 0 bridgehead atoms. The molecule has 0 unspecified atom stereocenters. The van der Waals surface area contributed by atoms with Crippen molar-refractivity contribution in [3.8, 4) is 9.75 Å². The fourth-order valence-electron chi connectivity index (χ4n) is 4.23. The first kappa shape index (κ1) is 27.4. The van der Waals surface area contributed by atoms with Crippen LogP contribution in [0.2, 0.25) is 13.3 Å². The van der Waals surface area contributed by atoms with E-state index in [-0.39, 0.29) is 0 Å². The van der Waals surface area contributed by atoms with Crippen molar-refractivity contribution in [3.63, 3.8) is 0 Å². The number of hydrogen-bond donors (Lipinski definition) is 0. The van der Waals surface area contributed by atoms with Crippen molar-refractivity contribution in [2.45, 2.75) is 86.0 Å². The minimum absolute atomic E-state index is 0.697. The maximum atomic E-state index is 5.71. The summed E-state index contributed by atoms with van der Waals surface area (Å²) in [6.07, 6.45) is 9.33. The molecule has 0 saturated carbocycles. The summed E-state index contributed by atoms with van der Waals surface area (Å²) in [6, 6.07) is 9.61. The van der Waals surface area contributed by atoms with Crippen LogP contribution >= 0.6 is 22.7 Å². The Kier molecular flexibility index (Phi) is 14.0. The van der Waals surface area contributed by atoms with E-state index in [1.54, 1.807) is 13.3 Å². The number of thiophene rings is 2. The van der Waals surface area contributed by atoms with Gasteiger partial charge in [-0.2, -0.15) is 0 Å². The minimum atomic E-state index is -2.29. The van der Waals surface area contributed by atoms with E-state index in [1.165, 1.54) is 53.2 Å². The van der Waals surface area contributed by atoms with E-state index in [4.69, 9.17) is 9.47 Å². The van der Waals surface area contributed by atoms with Crippen LogP contribution in [-0.2, 0) is 15.9 Å². The molecule has 0 saturated heterocycles. The van der Waals surface area contributed by atoms with Crippen molar-refractivity contribution in [2.24, 2.45) is 0 Å². The zero-order valence-corrected chi connectivity index (χ0v) is 24.8. The van der Waals surface area contributed by atoms with Crippen molar-refractivity contribution in [1.82, 2.24) is 0 Å². The van der Waals surface area contributed by atoms with Crippen molar-refractivity contribution >= 4 is 43.9 Å². The van der Waals surface area contributed by atoms with Gasteiger partial charge in [0.25, 0.3) is 0 Å². The average molecular weight is 571 g/mol. The van der Waals surface area contributed by atoms with E-state index in [0.29, 0.717) is 13.2 Å². The van der Waals surface area contributed by atoms with Gasteiger partial charge in [-0.3, -0.25) is 0 Å². The van der Waals surface area contributed by atoms with Crippen molar-refractivity contribution < 1.29 is 9.47 Å². The maximum absolute atomic E-state index is 5.71. The van der Waals surface area contributed by atoms with Gasteiger partial charge in [-0.15, -0.1) is 0 Å². The Morgan fingerprint density at radius 2 is 1.26 bits per heavy atom. The fourth-order valence-corrected chi connectivity index (χ4v) is 25.4. The van der Waals surface area contributed by atoms with Gasteiger partial charge in [0.05, 0.1) is 0 Å². The van der Waals surface area contributed by atoms with E-state index < -0.39 is 18.4 Å². The third kappa shape index (κ3) is 9.11. The van der Waals surface area contributed by atoms with Crippen LogP contribution in [0.1, 0.15) is 71.1 Å². The summed E-state index contributed by atoms with van der Waals surface area (Å²) in [4.78, 5) is 4.37. The molecule has 2 aromatic heterocycles. The molecule has 31 heavy (non-hydrogen) atoms. The van der Waals surface area contributed by atoms with Gasteiger partial charge in [0.2, 0.25) is 0 Å². The third-order valence-electron chi connectivity index (χ3n) is 6.13. The van der Waals surface area contributed by atoms with Gasteiger partial charge in [0.1, 0.15) is 0 Å². The number of unbranched alkanes of at least 4 members (excludes halogenated alkanes) is 3.